The molecule has 1 unspecified atom stereocenters. The number of non-ortho nitro benzene ring substituents is 1. The highest BCUT2D eigenvalue weighted by Gasteiger charge is 2.28. The third kappa shape index (κ3) is 3.99. The van der Waals surface area contributed by atoms with Crippen molar-refractivity contribution < 1.29 is 14.6 Å². The molecule has 1 aromatic carbocycles. The van der Waals surface area contributed by atoms with Gasteiger partial charge in [-0.15, -0.1) is 0 Å². The van der Waals surface area contributed by atoms with E-state index in [1.54, 1.807) is 12.1 Å². The first kappa shape index (κ1) is 17.9. The van der Waals surface area contributed by atoms with Crippen LogP contribution >= 0.6 is 11.6 Å². The minimum Gasteiger partial charge on any atom is -0.472 e. The number of pyridine rings is 1. The van der Waals surface area contributed by atoms with Crippen LogP contribution in [0.25, 0.3) is 0 Å². The summed E-state index contributed by atoms with van der Waals surface area (Å²) in [4.78, 5) is 26.9. The van der Waals surface area contributed by atoms with Gasteiger partial charge >= 0.3 is 0 Å². The number of rotatable bonds is 5. The van der Waals surface area contributed by atoms with E-state index in [1.165, 1.54) is 18.3 Å². The van der Waals surface area contributed by atoms with Gasteiger partial charge in [0.05, 0.1) is 27.5 Å². The maximum absolute atomic E-state index is 11.3. The summed E-state index contributed by atoms with van der Waals surface area (Å²) in [6, 6.07) is 7.01. The first-order chi connectivity index (χ1) is 12.4. The van der Waals surface area contributed by atoms with Crippen LogP contribution in [-0.4, -0.2) is 34.0 Å². The fraction of sp³-hybridized carbons (Fsp3) is 0.312. The van der Waals surface area contributed by atoms with Crippen molar-refractivity contribution in [3.63, 3.8) is 0 Å². The van der Waals surface area contributed by atoms with Crippen molar-refractivity contribution in [2.45, 2.75) is 18.9 Å². The lowest BCUT2D eigenvalue weighted by Crippen LogP contribution is -2.41. The highest BCUT2D eigenvalue weighted by atomic mass is 35.5. The van der Waals surface area contributed by atoms with Crippen LogP contribution in [0.2, 0.25) is 5.02 Å². The summed E-state index contributed by atoms with van der Waals surface area (Å²) in [7, 11) is 0. The molecule has 1 fully saturated rings. The normalized spacial score (nSPS) is 17.0. The van der Waals surface area contributed by atoms with Crippen LogP contribution in [0.1, 0.15) is 12.8 Å². The lowest BCUT2D eigenvalue weighted by Gasteiger charge is -2.33. The lowest BCUT2D eigenvalue weighted by atomic mass is 10.1. The summed E-state index contributed by atoms with van der Waals surface area (Å²) < 4.78 is 5.83. The number of nitrogens with zero attached hydrogens (tertiary/aromatic N) is 4. The zero-order chi connectivity index (χ0) is 18.7. The van der Waals surface area contributed by atoms with Crippen LogP contribution in [-0.2, 0) is 0 Å². The Morgan fingerprint density at radius 1 is 1.19 bits per heavy atom. The Bertz CT molecular complexity index is 830. The molecule has 0 radical (unpaired) electrons. The van der Waals surface area contributed by atoms with Crippen molar-refractivity contribution in [2.75, 3.05) is 18.0 Å². The summed E-state index contributed by atoms with van der Waals surface area (Å²) in [5.41, 5.74) is -0.252. The molecule has 2 aromatic rings. The molecule has 0 spiro atoms. The monoisotopic (exact) mass is 378 g/mol. The van der Waals surface area contributed by atoms with Crippen LogP contribution in [0.5, 0.6) is 5.88 Å². The molecule has 1 aromatic heterocycles. The number of hydrogen-bond acceptors (Lipinski definition) is 7. The highest BCUT2D eigenvalue weighted by molar-refractivity contribution is 6.30. The number of aromatic nitrogens is 1. The van der Waals surface area contributed by atoms with Gasteiger partial charge in [0.15, 0.2) is 0 Å². The van der Waals surface area contributed by atoms with Crippen molar-refractivity contribution in [1.29, 1.82) is 0 Å². The number of benzene rings is 1. The fourth-order valence-corrected chi connectivity index (χ4v) is 3.01. The topological polar surface area (TPSA) is 112 Å². The Morgan fingerprint density at radius 3 is 2.65 bits per heavy atom. The van der Waals surface area contributed by atoms with Gasteiger partial charge in [-0.2, -0.15) is 0 Å². The van der Waals surface area contributed by atoms with E-state index in [4.69, 9.17) is 16.3 Å². The molecule has 2 heterocycles. The number of nitro groups is 2. The van der Waals surface area contributed by atoms with Crippen molar-refractivity contribution >= 4 is 28.7 Å². The Balaban J connectivity index is 1.79. The molecule has 1 aliphatic heterocycles. The van der Waals surface area contributed by atoms with E-state index in [0.29, 0.717) is 29.7 Å². The second kappa shape index (κ2) is 7.52. The van der Waals surface area contributed by atoms with Crippen molar-refractivity contribution in [2.24, 2.45) is 0 Å². The van der Waals surface area contributed by atoms with E-state index < -0.39 is 9.85 Å². The fourth-order valence-electron chi connectivity index (χ4n) is 2.89. The summed E-state index contributed by atoms with van der Waals surface area (Å²) in [5, 5.41) is 22.7. The first-order valence-corrected chi connectivity index (χ1v) is 8.28. The minimum atomic E-state index is -0.648. The zero-order valence-corrected chi connectivity index (χ0v) is 14.3. The molecule has 26 heavy (non-hydrogen) atoms. The van der Waals surface area contributed by atoms with E-state index in [2.05, 4.69) is 4.98 Å². The van der Waals surface area contributed by atoms with E-state index in [1.807, 2.05) is 4.90 Å². The van der Waals surface area contributed by atoms with Crippen LogP contribution in [0.4, 0.5) is 17.1 Å². The predicted molar refractivity (Wildman–Crippen MR) is 94.9 cm³/mol. The van der Waals surface area contributed by atoms with E-state index in [0.717, 1.165) is 18.9 Å². The van der Waals surface area contributed by atoms with Crippen molar-refractivity contribution in [3.8, 4) is 5.88 Å². The first-order valence-electron chi connectivity index (χ1n) is 7.90. The lowest BCUT2D eigenvalue weighted by molar-refractivity contribution is -0.393. The standard InChI is InChI=1S/C16H15ClN4O5/c17-11-3-6-16(18-9-11)26-13-2-1-7-19(10-13)14-5-4-12(20(22)23)8-15(14)21(24)25/h3-6,8-9,13H,1-2,7,10H2. The smallest absolute Gasteiger partial charge is 0.299 e. The van der Waals surface area contributed by atoms with Gasteiger partial charge in [0.2, 0.25) is 5.88 Å². The van der Waals surface area contributed by atoms with Gasteiger partial charge in [-0.25, -0.2) is 4.98 Å². The predicted octanol–water partition coefficient (Wildman–Crippen LogP) is 3.60. The maximum atomic E-state index is 11.3. The van der Waals surface area contributed by atoms with Crippen LogP contribution in [0.3, 0.4) is 0 Å². The van der Waals surface area contributed by atoms with Crippen molar-refractivity contribution in [3.05, 3.63) is 61.8 Å². The van der Waals surface area contributed by atoms with Crippen LogP contribution in [0, 0.1) is 20.2 Å². The molecule has 0 amide bonds. The summed E-state index contributed by atoms with van der Waals surface area (Å²) in [6.45, 7) is 1.02. The molecule has 9 nitrogen and oxygen atoms in total. The summed E-state index contributed by atoms with van der Waals surface area (Å²) in [5.74, 6) is 0.430. The molecule has 1 atom stereocenters. The Kier molecular flexibility index (Phi) is 5.17. The Hall–Kier alpha value is -2.94. The van der Waals surface area contributed by atoms with Gasteiger partial charge in [0, 0.05) is 24.9 Å². The average Bonchev–Trinajstić information content (AvgIpc) is 2.63. The largest absolute Gasteiger partial charge is 0.472 e. The average molecular weight is 379 g/mol. The van der Waals surface area contributed by atoms with Crippen LogP contribution < -0.4 is 9.64 Å². The molecular formula is C16H15ClN4O5. The molecule has 136 valence electrons. The molecular weight excluding hydrogens is 364 g/mol. The molecule has 1 aliphatic rings. The third-order valence-electron chi connectivity index (χ3n) is 4.07. The van der Waals surface area contributed by atoms with Gasteiger partial charge in [-0.1, -0.05) is 11.6 Å². The molecule has 0 saturated carbocycles. The number of anilines is 1. The number of halogens is 1. The maximum Gasteiger partial charge on any atom is 0.299 e. The van der Waals surface area contributed by atoms with Gasteiger partial charge in [-0.3, -0.25) is 20.2 Å². The number of ether oxygens (including phenoxy) is 1. The van der Waals surface area contributed by atoms with E-state index >= 15 is 0 Å². The Labute approximate surface area is 153 Å². The second-order valence-electron chi connectivity index (χ2n) is 5.83. The van der Waals surface area contributed by atoms with Gasteiger partial charge in [0.25, 0.3) is 11.4 Å². The van der Waals surface area contributed by atoms with Gasteiger partial charge in [-0.05, 0) is 25.0 Å². The third-order valence-corrected chi connectivity index (χ3v) is 4.30. The molecule has 1 saturated heterocycles. The quantitative estimate of drug-likeness (QED) is 0.577. The number of hydrogen-bond donors (Lipinski definition) is 0. The van der Waals surface area contributed by atoms with Gasteiger partial charge < -0.3 is 9.64 Å². The van der Waals surface area contributed by atoms with E-state index in [-0.39, 0.29) is 17.5 Å². The molecule has 0 bridgehead atoms. The Morgan fingerprint density at radius 2 is 2.00 bits per heavy atom. The van der Waals surface area contributed by atoms with Gasteiger partial charge in [0.1, 0.15) is 11.8 Å². The number of piperidine rings is 1. The molecule has 10 heteroatoms. The second-order valence-corrected chi connectivity index (χ2v) is 6.27. The highest BCUT2D eigenvalue weighted by Crippen LogP contribution is 2.34. The molecule has 3 rings (SSSR count). The molecule has 0 N–H and O–H groups in total. The minimum absolute atomic E-state index is 0.202. The zero-order valence-electron chi connectivity index (χ0n) is 13.6. The number of nitro benzene ring substituents is 2. The van der Waals surface area contributed by atoms with Crippen LogP contribution in [0.15, 0.2) is 36.5 Å². The molecule has 0 aliphatic carbocycles. The summed E-state index contributed by atoms with van der Waals surface area (Å²) in [6.07, 6.45) is 2.83. The van der Waals surface area contributed by atoms with E-state index in [9.17, 15) is 20.2 Å². The summed E-state index contributed by atoms with van der Waals surface area (Å²) >= 11 is 5.80. The van der Waals surface area contributed by atoms with Crippen molar-refractivity contribution in [1.82, 2.24) is 4.98 Å². The SMILES string of the molecule is O=[N+]([O-])c1ccc(N2CCCC(Oc3ccc(Cl)cn3)C2)c([N+](=O)[O-])c1.